The number of nitriles is 1. The van der Waals surface area contributed by atoms with Crippen molar-refractivity contribution in [2.45, 2.75) is 0 Å². The lowest BCUT2D eigenvalue weighted by molar-refractivity contribution is -0.385. The number of halogens is 1. The summed E-state index contributed by atoms with van der Waals surface area (Å²) < 4.78 is 5.26. The molecule has 0 fully saturated rings. The molecule has 0 aliphatic carbocycles. The first-order valence-electron chi connectivity index (χ1n) is 6.82. The van der Waals surface area contributed by atoms with E-state index in [0.717, 1.165) is 6.07 Å². The van der Waals surface area contributed by atoms with Gasteiger partial charge in [-0.05, 0) is 24.3 Å². The van der Waals surface area contributed by atoms with Gasteiger partial charge in [-0.3, -0.25) is 19.8 Å². The Hall–Kier alpha value is -3.11. The Bertz CT molecular complexity index is 790. The number of anilines is 1. The van der Waals surface area contributed by atoms with Gasteiger partial charge in [0.15, 0.2) is 12.4 Å². The fraction of sp³-hybridized carbons (Fsp3) is 0.125. The van der Waals surface area contributed by atoms with Crippen LogP contribution in [0.3, 0.4) is 0 Å². The van der Waals surface area contributed by atoms with Gasteiger partial charge in [0.25, 0.3) is 5.91 Å². The molecule has 24 heavy (non-hydrogen) atoms. The molecule has 0 aliphatic rings. The van der Waals surface area contributed by atoms with Crippen LogP contribution in [0, 0.1) is 21.4 Å². The minimum absolute atomic E-state index is 0.0669. The normalized spacial score (nSPS) is 9.83. The minimum Gasteiger partial charge on any atom is -0.477 e. The Balaban J connectivity index is 2.15. The monoisotopic (exact) mass is 345 g/mol. The second-order valence-electron chi connectivity index (χ2n) is 4.63. The first-order chi connectivity index (χ1) is 11.5. The van der Waals surface area contributed by atoms with Crippen LogP contribution in [0.5, 0.6) is 5.75 Å². The highest BCUT2D eigenvalue weighted by Crippen LogP contribution is 2.30. The van der Waals surface area contributed by atoms with Crippen molar-refractivity contribution in [3.63, 3.8) is 0 Å². The maximum atomic E-state index is 12.3. The highest BCUT2D eigenvalue weighted by molar-refractivity contribution is 6.30. The molecule has 0 atom stereocenters. The molecular weight excluding hydrogens is 334 g/mol. The van der Waals surface area contributed by atoms with Gasteiger partial charge in [0, 0.05) is 16.8 Å². The van der Waals surface area contributed by atoms with E-state index in [9.17, 15) is 14.9 Å². The molecule has 0 saturated heterocycles. The molecule has 1 amide bonds. The SMILES string of the molecule is N#CCN(C(=O)COc1ccc(Cl)cc1[N+](=O)[O-])c1ccccc1. The van der Waals surface area contributed by atoms with E-state index in [-0.39, 0.29) is 23.0 Å². The number of ether oxygens (including phenoxy) is 1. The standard InChI is InChI=1S/C16H12ClN3O4/c17-12-6-7-15(14(10-12)20(22)23)24-11-16(21)19(9-8-18)13-4-2-1-3-5-13/h1-7,10H,9,11H2. The van der Waals surface area contributed by atoms with Crippen LogP contribution in [0.1, 0.15) is 0 Å². The van der Waals surface area contributed by atoms with Crippen LogP contribution in [-0.2, 0) is 4.79 Å². The molecule has 2 rings (SSSR count). The van der Waals surface area contributed by atoms with Crippen molar-refractivity contribution in [2.24, 2.45) is 0 Å². The number of hydrogen-bond acceptors (Lipinski definition) is 5. The zero-order chi connectivity index (χ0) is 17.5. The molecule has 2 aromatic carbocycles. The fourth-order valence-electron chi connectivity index (χ4n) is 1.97. The van der Waals surface area contributed by atoms with Gasteiger partial charge >= 0.3 is 5.69 Å². The molecule has 122 valence electrons. The Morgan fingerprint density at radius 2 is 2.00 bits per heavy atom. The Labute approximate surface area is 142 Å². The summed E-state index contributed by atoms with van der Waals surface area (Å²) in [6, 6.07) is 14.4. The molecule has 2 aromatic rings. The smallest absolute Gasteiger partial charge is 0.312 e. The van der Waals surface area contributed by atoms with Crippen molar-refractivity contribution in [2.75, 3.05) is 18.1 Å². The number of benzene rings is 2. The molecule has 7 nitrogen and oxygen atoms in total. The van der Waals surface area contributed by atoms with Crippen LogP contribution in [0.25, 0.3) is 0 Å². The number of rotatable bonds is 6. The summed E-state index contributed by atoms with van der Waals surface area (Å²) in [6.45, 7) is -0.603. The van der Waals surface area contributed by atoms with E-state index in [1.54, 1.807) is 30.3 Å². The van der Waals surface area contributed by atoms with Crippen molar-refractivity contribution in [1.29, 1.82) is 5.26 Å². The lowest BCUT2D eigenvalue weighted by Gasteiger charge is -2.19. The summed E-state index contributed by atoms with van der Waals surface area (Å²) in [5.74, 6) is -0.560. The highest BCUT2D eigenvalue weighted by Gasteiger charge is 2.20. The lowest BCUT2D eigenvalue weighted by atomic mass is 10.3. The number of carbonyl (C=O) groups excluding carboxylic acids is 1. The molecule has 0 spiro atoms. The van der Waals surface area contributed by atoms with Gasteiger partial charge < -0.3 is 4.74 Å². The van der Waals surface area contributed by atoms with Gasteiger partial charge in [-0.2, -0.15) is 5.26 Å². The summed E-state index contributed by atoms with van der Waals surface area (Å²) in [4.78, 5) is 23.9. The molecule has 8 heteroatoms. The third kappa shape index (κ3) is 4.21. The van der Waals surface area contributed by atoms with Gasteiger partial charge in [0.1, 0.15) is 6.54 Å². The lowest BCUT2D eigenvalue weighted by Crippen LogP contribution is -2.35. The number of hydrogen-bond donors (Lipinski definition) is 0. The van der Waals surface area contributed by atoms with E-state index in [0.29, 0.717) is 5.69 Å². The van der Waals surface area contributed by atoms with E-state index in [1.807, 2.05) is 6.07 Å². The first kappa shape index (κ1) is 17.2. The summed E-state index contributed by atoms with van der Waals surface area (Å²) in [6.07, 6.45) is 0. The molecular formula is C16H12ClN3O4. The van der Waals surface area contributed by atoms with Crippen molar-refractivity contribution in [3.05, 3.63) is 63.7 Å². The van der Waals surface area contributed by atoms with E-state index < -0.39 is 17.4 Å². The molecule has 0 heterocycles. The summed E-state index contributed by atoms with van der Waals surface area (Å²) in [7, 11) is 0. The van der Waals surface area contributed by atoms with E-state index in [4.69, 9.17) is 21.6 Å². The predicted molar refractivity (Wildman–Crippen MR) is 88.0 cm³/mol. The predicted octanol–water partition coefficient (Wildman–Crippen LogP) is 3.18. The molecule has 0 N–H and O–H groups in total. The second kappa shape index (κ2) is 7.94. The third-order valence-electron chi connectivity index (χ3n) is 3.07. The zero-order valence-corrected chi connectivity index (χ0v) is 13.1. The van der Waals surface area contributed by atoms with Crippen molar-refractivity contribution in [3.8, 4) is 11.8 Å². The van der Waals surface area contributed by atoms with Crippen LogP contribution in [-0.4, -0.2) is 24.0 Å². The van der Waals surface area contributed by atoms with Crippen LogP contribution < -0.4 is 9.64 Å². The van der Waals surface area contributed by atoms with E-state index >= 15 is 0 Å². The van der Waals surface area contributed by atoms with Gasteiger partial charge in [-0.15, -0.1) is 0 Å². The number of para-hydroxylation sites is 1. The van der Waals surface area contributed by atoms with Crippen LogP contribution in [0.15, 0.2) is 48.5 Å². The van der Waals surface area contributed by atoms with Gasteiger partial charge in [-0.1, -0.05) is 29.8 Å². The maximum Gasteiger partial charge on any atom is 0.312 e. The van der Waals surface area contributed by atoms with Crippen LogP contribution in [0.2, 0.25) is 5.02 Å². The maximum absolute atomic E-state index is 12.3. The highest BCUT2D eigenvalue weighted by atomic mass is 35.5. The number of amides is 1. The number of nitro groups is 1. The molecule has 0 aromatic heterocycles. The molecule has 0 bridgehead atoms. The Morgan fingerprint density at radius 1 is 1.29 bits per heavy atom. The summed E-state index contributed by atoms with van der Waals surface area (Å²) in [5, 5.41) is 20.1. The Kier molecular flexibility index (Phi) is 5.71. The van der Waals surface area contributed by atoms with Crippen molar-refractivity contribution in [1.82, 2.24) is 0 Å². The van der Waals surface area contributed by atoms with Crippen molar-refractivity contribution >= 4 is 28.9 Å². The van der Waals surface area contributed by atoms with Crippen LogP contribution >= 0.6 is 11.6 Å². The summed E-state index contributed by atoms with van der Waals surface area (Å²) in [5.41, 5.74) is 0.208. The topological polar surface area (TPSA) is 96.5 Å². The Morgan fingerprint density at radius 3 is 2.62 bits per heavy atom. The number of nitrogens with zero attached hydrogens (tertiary/aromatic N) is 3. The van der Waals surface area contributed by atoms with Gasteiger partial charge in [0.05, 0.1) is 11.0 Å². The zero-order valence-electron chi connectivity index (χ0n) is 12.4. The molecule has 0 radical (unpaired) electrons. The largest absolute Gasteiger partial charge is 0.477 e. The van der Waals surface area contributed by atoms with Crippen LogP contribution in [0.4, 0.5) is 11.4 Å². The number of carbonyl (C=O) groups is 1. The van der Waals surface area contributed by atoms with E-state index in [1.165, 1.54) is 17.0 Å². The van der Waals surface area contributed by atoms with Gasteiger partial charge in [-0.25, -0.2) is 0 Å². The quantitative estimate of drug-likeness (QED) is 0.455. The fourth-order valence-corrected chi connectivity index (χ4v) is 2.14. The van der Waals surface area contributed by atoms with Crippen molar-refractivity contribution < 1.29 is 14.5 Å². The summed E-state index contributed by atoms with van der Waals surface area (Å²) >= 11 is 5.72. The molecule has 0 unspecified atom stereocenters. The third-order valence-corrected chi connectivity index (χ3v) is 3.30. The number of nitro benzene ring substituents is 1. The molecule has 0 saturated carbocycles. The van der Waals surface area contributed by atoms with E-state index in [2.05, 4.69) is 0 Å². The second-order valence-corrected chi connectivity index (χ2v) is 5.07. The average Bonchev–Trinajstić information content (AvgIpc) is 2.59. The first-order valence-corrected chi connectivity index (χ1v) is 7.20. The minimum atomic E-state index is -0.643. The van der Waals surface area contributed by atoms with Gasteiger partial charge in [0.2, 0.25) is 0 Å². The molecule has 0 aliphatic heterocycles. The average molecular weight is 346 g/mol.